The van der Waals surface area contributed by atoms with E-state index in [0.717, 1.165) is 24.0 Å². The molecule has 1 rings (SSSR count). The molecule has 0 saturated heterocycles. The number of benzene rings is 1. The van der Waals surface area contributed by atoms with Crippen LogP contribution in [0.4, 0.5) is 0 Å². The maximum atomic E-state index is 10.8. The zero-order chi connectivity index (χ0) is 12.1. The van der Waals surface area contributed by atoms with Gasteiger partial charge in [0.05, 0.1) is 6.42 Å². The predicted octanol–water partition coefficient (Wildman–Crippen LogP) is 3.06. The summed E-state index contributed by atoms with van der Waals surface area (Å²) in [5.41, 5.74) is 1.74. The smallest absolute Gasteiger partial charge is 0.303 e. The lowest BCUT2D eigenvalue weighted by atomic mass is 9.88. The largest absolute Gasteiger partial charge is 0.508 e. The Balaban J connectivity index is 3.04. The maximum Gasteiger partial charge on any atom is 0.303 e. The molecule has 0 amide bonds. The van der Waals surface area contributed by atoms with Gasteiger partial charge in [0.15, 0.2) is 0 Å². The molecule has 1 unspecified atom stereocenters. The normalized spacial score (nSPS) is 12.4. The minimum absolute atomic E-state index is 0.0756. The van der Waals surface area contributed by atoms with Crippen molar-refractivity contribution in [3.63, 3.8) is 0 Å². The molecule has 1 aromatic rings. The van der Waals surface area contributed by atoms with Gasteiger partial charge >= 0.3 is 5.97 Å². The van der Waals surface area contributed by atoms with E-state index in [1.807, 2.05) is 19.9 Å². The number of carbonyl (C=O) groups is 1. The quantitative estimate of drug-likeness (QED) is 0.805. The summed E-state index contributed by atoms with van der Waals surface area (Å²) in [5, 5.41) is 18.7. The van der Waals surface area contributed by atoms with Crippen molar-refractivity contribution in [2.45, 2.75) is 39.0 Å². The van der Waals surface area contributed by atoms with Crippen LogP contribution in [0.1, 0.15) is 43.2 Å². The summed E-state index contributed by atoms with van der Waals surface area (Å²) >= 11 is 0. The van der Waals surface area contributed by atoms with Gasteiger partial charge < -0.3 is 10.2 Å². The van der Waals surface area contributed by atoms with E-state index in [9.17, 15) is 9.90 Å². The Hall–Kier alpha value is -1.51. The van der Waals surface area contributed by atoms with E-state index in [2.05, 4.69) is 0 Å². The van der Waals surface area contributed by atoms with E-state index < -0.39 is 5.97 Å². The highest BCUT2D eigenvalue weighted by atomic mass is 16.4. The number of aryl methyl sites for hydroxylation is 1. The first-order chi connectivity index (χ1) is 7.56. The van der Waals surface area contributed by atoms with E-state index in [1.165, 1.54) is 0 Å². The second-order valence-electron chi connectivity index (χ2n) is 4.09. The van der Waals surface area contributed by atoms with Gasteiger partial charge in [0.1, 0.15) is 5.75 Å². The average Bonchev–Trinajstić information content (AvgIpc) is 2.16. The minimum Gasteiger partial charge on any atom is -0.508 e. The van der Waals surface area contributed by atoms with Crippen molar-refractivity contribution >= 4 is 5.97 Å². The summed E-state index contributed by atoms with van der Waals surface area (Å²) in [4.78, 5) is 10.8. The number of carboxylic acid groups (broad SMARTS) is 1. The molecule has 0 saturated carbocycles. The first-order valence-electron chi connectivity index (χ1n) is 5.56. The van der Waals surface area contributed by atoms with Crippen molar-refractivity contribution in [3.8, 4) is 5.75 Å². The van der Waals surface area contributed by atoms with Crippen LogP contribution in [0.5, 0.6) is 5.75 Å². The first kappa shape index (κ1) is 12.6. The van der Waals surface area contributed by atoms with Gasteiger partial charge in [-0.25, -0.2) is 0 Å². The van der Waals surface area contributed by atoms with E-state index in [-0.39, 0.29) is 18.1 Å². The van der Waals surface area contributed by atoms with Gasteiger partial charge in [-0.15, -0.1) is 0 Å². The molecule has 0 aliphatic heterocycles. The number of rotatable bonds is 5. The second-order valence-corrected chi connectivity index (χ2v) is 4.09. The van der Waals surface area contributed by atoms with Crippen LogP contribution >= 0.6 is 0 Å². The highest BCUT2D eigenvalue weighted by molar-refractivity contribution is 5.68. The highest BCUT2D eigenvalue weighted by Crippen LogP contribution is 2.34. The second kappa shape index (κ2) is 5.54. The van der Waals surface area contributed by atoms with E-state index in [0.29, 0.717) is 0 Å². The summed E-state index contributed by atoms with van der Waals surface area (Å²) in [6, 6.07) is 5.30. The zero-order valence-electron chi connectivity index (χ0n) is 9.73. The summed E-state index contributed by atoms with van der Waals surface area (Å²) in [5.74, 6) is -0.704. The molecule has 0 heterocycles. The van der Waals surface area contributed by atoms with Crippen molar-refractivity contribution in [1.29, 1.82) is 0 Å². The predicted molar refractivity (Wildman–Crippen MR) is 62.7 cm³/mol. The molecule has 16 heavy (non-hydrogen) atoms. The third kappa shape index (κ3) is 2.99. The summed E-state index contributed by atoms with van der Waals surface area (Å²) in [7, 11) is 0. The van der Waals surface area contributed by atoms with Gasteiger partial charge in [-0.2, -0.15) is 0 Å². The van der Waals surface area contributed by atoms with Crippen LogP contribution in [0.25, 0.3) is 0 Å². The molecule has 0 bridgehead atoms. The van der Waals surface area contributed by atoms with Gasteiger partial charge in [-0.1, -0.05) is 25.5 Å². The Morgan fingerprint density at radius 1 is 1.44 bits per heavy atom. The monoisotopic (exact) mass is 222 g/mol. The van der Waals surface area contributed by atoms with Gasteiger partial charge in [-0.05, 0) is 30.9 Å². The molecule has 1 aromatic carbocycles. The molecule has 0 aliphatic carbocycles. The Kier molecular flexibility index (Phi) is 4.35. The number of phenols is 1. The van der Waals surface area contributed by atoms with Crippen molar-refractivity contribution in [2.75, 3.05) is 0 Å². The molecule has 1 atom stereocenters. The van der Waals surface area contributed by atoms with Crippen molar-refractivity contribution in [3.05, 3.63) is 29.3 Å². The first-order valence-corrected chi connectivity index (χ1v) is 5.56. The third-order valence-electron chi connectivity index (χ3n) is 2.77. The summed E-state index contributed by atoms with van der Waals surface area (Å²) in [6.07, 6.45) is 1.77. The van der Waals surface area contributed by atoms with E-state index in [1.54, 1.807) is 12.1 Å². The van der Waals surface area contributed by atoms with Crippen LogP contribution in [0.15, 0.2) is 18.2 Å². The molecule has 0 fully saturated rings. The summed E-state index contributed by atoms with van der Waals surface area (Å²) < 4.78 is 0. The molecular weight excluding hydrogens is 204 g/mol. The summed E-state index contributed by atoms with van der Waals surface area (Å²) in [6.45, 7) is 3.92. The van der Waals surface area contributed by atoms with Crippen LogP contribution in [-0.4, -0.2) is 16.2 Å². The number of hydrogen-bond acceptors (Lipinski definition) is 2. The Labute approximate surface area is 95.7 Å². The fourth-order valence-electron chi connectivity index (χ4n) is 2.10. The number of aromatic hydroxyl groups is 1. The molecule has 0 aromatic heterocycles. The van der Waals surface area contributed by atoms with Crippen LogP contribution < -0.4 is 0 Å². The van der Waals surface area contributed by atoms with Gasteiger partial charge in [0.25, 0.3) is 0 Å². The fraction of sp³-hybridized carbons (Fsp3) is 0.462. The van der Waals surface area contributed by atoms with Crippen molar-refractivity contribution in [2.24, 2.45) is 0 Å². The van der Waals surface area contributed by atoms with Gasteiger partial charge in [0.2, 0.25) is 0 Å². The third-order valence-corrected chi connectivity index (χ3v) is 2.77. The van der Waals surface area contributed by atoms with Crippen LogP contribution in [0.2, 0.25) is 0 Å². The van der Waals surface area contributed by atoms with E-state index >= 15 is 0 Å². The standard InChI is InChI=1S/C13H18O3/c1-3-5-10(8-12(15)16)13-9(2)6-4-7-11(13)14/h4,6-7,10,14H,3,5,8H2,1-2H3,(H,15,16). The molecule has 0 spiro atoms. The van der Waals surface area contributed by atoms with Crippen molar-refractivity contribution in [1.82, 2.24) is 0 Å². The molecule has 0 radical (unpaired) electrons. The number of aliphatic carboxylic acids is 1. The topological polar surface area (TPSA) is 57.5 Å². The number of carboxylic acids is 1. The Bertz CT molecular complexity index is 351. The van der Waals surface area contributed by atoms with Gasteiger partial charge in [-0.3, -0.25) is 4.79 Å². The van der Waals surface area contributed by atoms with Gasteiger partial charge in [0, 0.05) is 5.56 Å². The average molecular weight is 222 g/mol. The maximum absolute atomic E-state index is 10.8. The lowest BCUT2D eigenvalue weighted by molar-refractivity contribution is -0.137. The molecule has 3 heteroatoms. The fourth-order valence-corrected chi connectivity index (χ4v) is 2.10. The van der Waals surface area contributed by atoms with Crippen LogP contribution in [0, 0.1) is 6.92 Å². The lowest BCUT2D eigenvalue weighted by Crippen LogP contribution is -2.08. The Morgan fingerprint density at radius 3 is 2.62 bits per heavy atom. The SMILES string of the molecule is CCCC(CC(=O)O)c1c(C)cccc1O. The zero-order valence-corrected chi connectivity index (χ0v) is 9.73. The lowest BCUT2D eigenvalue weighted by Gasteiger charge is -2.18. The molecule has 0 aliphatic rings. The Morgan fingerprint density at radius 2 is 2.12 bits per heavy atom. The van der Waals surface area contributed by atoms with Crippen molar-refractivity contribution < 1.29 is 15.0 Å². The number of hydrogen-bond donors (Lipinski definition) is 2. The molecule has 3 nitrogen and oxygen atoms in total. The van der Waals surface area contributed by atoms with E-state index in [4.69, 9.17) is 5.11 Å². The highest BCUT2D eigenvalue weighted by Gasteiger charge is 2.19. The van der Waals surface area contributed by atoms with Crippen LogP contribution in [0.3, 0.4) is 0 Å². The van der Waals surface area contributed by atoms with Crippen LogP contribution in [-0.2, 0) is 4.79 Å². The molecule has 2 N–H and O–H groups in total. The molecule has 88 valence electrons. The number of phenolic OH excluding ortho intramolecular Hbond substituents is 1. The molecular formula is C13H18O3. The minimum atomic E-state index is -0.818.